The lowest BCUT2D eigenvalue weighted by Gasteiger charge is -2.19. The molecule has 1 aliphatic heterocycles. The molecule has 0 saturated carbocycles. The molecule has 1 aromatic carbocycles. The van der Waals surface area contributed by atoms with E-state index in [0.717, 1.165) is 41.7 Å². The molecule has 0 spiro atoms. The Labute approximate surface area is 118 Å². The van der Waals surface area contributed by atoms with Gasteiger partial charge in [-0.15, -0.1) is 0 Å². The maximum absolute atomic E-state index is 12.6. The molecule has 0 unspecified atom stereocenters. The predicted octanol–water partition coefficient (Wildman–Crippen LogP) is 2.65. The maximum Gasteiger partial charge on any atom is 0.253 e. The number of aromatic nitrogens is 1. The van der Waals surface area contributed by atoms with Crippen LogP contribution in [0.15, 0.2) is 18.2 Å². The van der Waals surface area contributed by atoms with Crippen LogP contribution in [0.3, 0.4) is 0 Å². The Kier molecular flexibility index (Phi) is 3.49. The minimum absolute atomic E-state index is 0.107. The van der Waals surface area contributed by atoms with E-state index < -0.39 is 0 Å². The number of benzene rings is 1. The Morgan fingerprint density at radius 1 is 1.25 bits per heavy atom. The number of amides is 1. The number of H-pyrrole nitrogens is 1. The van der Waals surface area contributed by atoms with Gasteiger partial charge in [-0.2, -0.15) is 0 Å². The zero-order valence-corrected chi connectivity index (χ0v) is 12.0. The molecule has 1 fully saturated rings. The summed E-state index contributed by atoms with van der Waals surface area (Å²) < 4.78 is 5.40. The van der Waals surface area contributed by atoms with Crippen molar-refractivity contribution in [3.8, 4) is 0 Å². The summed E-state index contributed by atoms with van der Waals surface area (Å²) in [6.07, 6.45) is 0.913. The molecule has 2 aromatic rings. The minimum Gasteiger partial charge on any atom is -0.380 e. The van der Waals surface area contributed by atoms with E-state index >= 15 is 0 Å². The highest BCUT2D eigenvalue weighted by atomic mass is 16.5. The molecule has 0 aliphatic carbocycles. The van der Waals surface area contributed by atoms with Crippen molar-refractivity contribution in [3.63, 3.8) is 0 Å². The molecule has 3 rings (SSSR count). The Hall–Kier alpha value is -1.81. The van der Waals surface area contributed by atoms with Gasteiger partial charge in [0.25, 0.3) is 5.91 Å². The van der Waals surface area contributed by atoms with Gasteiger partial charge in [0.1, 0.15) is 0 Å². The van der Waals surface area contributed by atoms with Gasteiger partial charge in [0.15, 0.2) is 0 Å². The fraction of sp³-hybridized carbons (Fsp3) is 0.438. The molecule has 0 bridgehead atoms. The van der Waals surface area contributed by atoms with E-state index in [1.165, 1.54) is 5.56 Å². The highest BCUT2D eigenvalue weighted by Gasteiger charge is 2.18. The van der Waals surface area contributed by atoms with Crippen LogP contribution in [0.25, 0.3) is 10.9 Å². The molecule has 1 aliphatic rings. The van der Waals surface area contributed by atoms with E-state index in [1.807, 2.05) is 23.1 Å². The second-order valence-electron chi connectivity index (χ2n) is 5.39. The molecule has 1 N–H and O–H groups in total. The van der Waals surface area contributed by atoms with Crippen molar-refractivity contribution in [1.29, 1.82) is 0 Å². The smallest absolute Gasteiger partial charge is 0.253 e. The van der Waals surface area contributed by atoms with Crippen molar-refractivity contribution < 1.29 is 9.53 Å². The first kappa shape index (κ1) is 13.2. The third kappa shape index (κ3) is 2.31. The van der Waals surface area contributed by atoms with Gasteiger partial charge in [0.05, 0.1) is 6.61 Å². The lowest BCUT2D eigenvalue weighted by molar-refractivity contribution is 0.0741. The number of aromatic amines is 1. The van der Waals surface area contributed by atoms with E-state index in [-0.39, 0.29) is 5.91 Å². The molecule has 4 nitrogen and oxygen atoms in total. The van der Waals surface area contributed by atoms with Crippen LogP contribution in [0, 0.1) is 13.8 Å². The number of hydrogen-bond acceptors (Lipinski definition) is 2. The van der Waals surface area contributed by atoms with Crippen molar-refractivity contribution in [2.75, 3.05) is 26.3 Å². The van der Waals surface area contributed by atoms with Crippen molar-refractivity contribution >= 4 is 16.8 Å². The van der Waals surface area contributed by atoms with Crippen molar-refractivity contribution in [1.82, 2.24) is 9.88 Å². The van der Waals surface area contributed by atoms with Gasteiger partial charge in [-0.05, 0) is 44.0 Å². The highest BCUT2D eigenvalue weighted by molar-refractivity contribution is 5.99. The largest absolute Gasteiger partial charge is 0.380 e. The number of rotatable bonds is 1. The van der Waals surface area contributed by atoms with Gasteiger partial charge >= 0.3 is 0 Å². The number of fused-ring (bicyclic) bond motifs is 1. The molecule has 0 radical (unpaired) electrons. The molecular weight excluding hydrogens is 252 g/mol. The van der Waals surface area contributed by atoms with Crippen LogP contribution >= 0.6 is 0 Å². The Balaban J connectivity index is 1.92. The minimum atomic E-state index is 0.107. The number of carbonyl (C=O) groups is 1. The lowest BCUT2D eigenvalue weighted by Crippen LogP contribution is -2.33. The third-order valence-corrected chi connectivity index (χ3v) is 4.06. The summed E-state index contributed by atoms with van der Waals surface area (Å²) in [6.45, 7) is 6.99. The summed E-state index contributed by atoms with van der Waals surface area (Å²) in [5, 5.41) is 1.14. The summed E-state index contributed by atoms with van der Waals surface area (Å²) in [6, 6.07) is 5.91. The molecule has 2 heterocycles. The summed E-state index contributed by atoms with van der Waals surface area (Å²) in [7, 11) is 0. The average Bonchev–Trinajstić information content (AvgIpc) is 2.66. The monoisotopic (exact) mass is 272 g/mol. The van der Waals surface area contributed by atoms with Crippen molar-refractivity contribution in [2.45, 2.75) is 20.3 Å². The van der Waals surface area contributed by atoms with Gasteiger partial charge in [-0.3, -0.25) is 4.79 Å². The fourth-order valence-electron chi connectivity index (χ4n) is 2.73. The zero-order valence-electron chi connectivity index (χ0n) is 12.0. The van der Waals surface area contributed by atoms with E-state index in [2.05, 4.69) is 18.8 Å². The normalized spacial score (nSPS) is 16.4. The molecule has 4 heteroatoms. The predicted molar refractivity (Wildman–Crippen MR) is 79.1 cm³/mol. The molecule has 106 valence electrons. The molecule has 0 atom stereocenters. The lowest BCUT2D eigenvalue weighted by atomic mass is 10.1. The number of hydrogen-bond donors (Lipinski definition) is 1. The van der Waals surface area contributed by atoms with Crippen LogP contribution in [0.1, 0.15) is 28.0 Å². The topological polar surface area (TPSA) is 45.3 Å². The number of aryl methyl sites for hydroxylation is 2. The van der Waals surface area contributed by atoms with Gasteiger partial charge in [-0.1, -0.05) is 0 Å². The fourth-order valence-corrected chi connectivity index (χ4v) is 2.73. The first-order chi connectivity index (χ1) is 9.66. The zero-order chi connectivity index (χ0) is 14.1. The van der Waals surface area contributed by atoms with Crippen molar-refractivity contribution in [3.05, 3.63) is 35.0 Å². The molecule has 1 aromatic heterocycles. The summed E-state index contributed by atoms with van der Waals surface area (Å²) in [5.74, 6) is 0.107. The van der Waals surface area contributed by atoms with Gasteiger partial charge < -0.3 is 14.6 Å². The standard InChI is InChI=1S/C16H20N2O2/c1-11-12(2)17-15-5-4-13(10-14(11)15)16(19)18-6-3-8-20-9-7-18/h4-5,10,17H,3,6-9H2,1-2H3. The summed E-state index contributed by atoms with van der Waals surface area (Å²) in [5.41, 5.74) is 4.24. The van der Waals surface area contributed by atoms with Crippen LogP contribution in [-0.4, -0.2) is 42.1 Å². The maximum atomic E-state index is 12.6. The van der Waals surface area contributed by atoms with Crippen LogP contribution in [0.4, 0.5) is 0 Å². The Morgan fingerprint density at radius 3 is 2.95 bits per heavy atom. The molecular formula is C16H20N2O2. The van der Waals surface area contributed by atoms with Gasteiger partial charge in [0, 0.05) is 41.9 Å². The van der Waals surface area contributed by atoms with E-state index in [1.54, 1.807) is 0 Å². The molecule has 1 saturated heterocycles. The van der Waals surface area contributed by atoms with Crippen LogP contribution in [0.5, 0.6) is 0 Å². The van der Waals surface area contributed by atoms with Gasteiger partial charge in [-0.25, -0.2) is 0 Å². The third-order valence-electron chi connectivity index (χ3n) is 4.06. The van der Waals surface area contributed by atoms with E-state index in [4.69, 9.17) is 4.74 Å². The second kappa shape index (κ2) is 5.29. The number of carbonyl (C=O) groups excluding carboxylic acids is 1. The van der Waals surface area contributed by atoms with Crippen molar-refractivity contribution in [2.24, 2.45) is 0 Å². The highest BCUT2D eigenvalue weighted by Crippen LogP contribution is 2.23. The number of nitrogens with zero attached hydrogens (tertiary/aromatic N) is 1. The Bertz CT molecular complexity index is 637. The van der Waals surface area contributed by atoms with Crippen LogP contribution in [-0.2, 0) is 4.74 Å². The summed E-state index contributed by atoms with van der Waals surface area (Å²) >= 11 is 0. The molecule has 1 amide bonds. The Morgan fingerprint density at radius 2 is 2.10 bits per heavy atom. The van der Waals surface area contributed by atoms with Crippen LogP contribution in [0.2, 0.25) is 0 Å². The second-order valence-corrected chi connectivity index (χ2v) is 5.39. The average molecular weight is 272 g/mol. The molecule has 20 heavy (non-hydrogen) atoms. The van der Waals surface area contributed by atoms with E-state index in [0.29, 0.717) is 13.2 Å². The first-order valence-corrected chi connectivity index (χ1v) is 7.13. The van der Waals surface area contributed by atoms with E-state index in [9.17, 15) is 4.79 Å². The summed E-state index contributed by atoms with van der Waals surface area (Å²) in [4.78, 5) is 17.8. The van der Waals surface area contributed by atoms with Gasteiger partial charge in [0.2, 0.25) is 0 Å². The first-order valence-electron chi connectivity index (χ1n) is 7.13. The quantitative estimate of drug-likeness (QED) is 0.867. The number of ether oxygens (including phenoxy) is 1. The van der Waals surface area contributed by atoms with Crippen LogP contribution < -0.4 is 0 Å². The SMILES string of the molecule is Cc1[nH]c2ccc(C(=O)N3CCCOCC3)cc2c1C. The number of nitrogens with one attached hydrogen (secondary N) is 1.